The zero-order valence-corrected chi connectivity index (χ0v) is 15.2. The van der Waals surface area contributed by atoms with Crippen molar-refractivity contribution in [1.82, 2.24) is 4.98 Å². The van der Waals surface area contributed by atoms with Crippen LogP contribution in [0.25, 0.3) is 10.9 Å². The van der Waals surface area contributed by atoms with Gasteiger partial charge in [0.25, 0.3) is 0 Å². The van der Waals surface area contributed by atoms with Crippen molar-refractivity contribution in [3.05, 3.63) is 53.7 Å². The second-order valence-corrected chi connectivity index (χ2v) is 6.20. The lowest BCUT2D eigenvalue weighted by atomic mass is 10.0. The topological polar surface area (TPSA) is 71.5 Å². The number of pyridine rings is 1. The van der Waals surface area contributed by atoms with Crippen molar-refractivity contribution in [1.29, 1.82) is 0 Å². The molecule has 0 aliphatic rings. The maximum atomic E-state index is 12.6. The third kappa shape index (κ3) is 3.33. The zero-order chi connectivity index (χ0) is 18.7. The normalized spacial score (nSPS) is 10.7. The molecule has 3 rings (SSSR count). The number of carbonyl (C=O) groups is 1. The largest absolute Gasteiger partial charge is 0.508 e. The first-order chi connectivity index (χ1) is 12.5. The fourth-order valence-corrected chi connectivity index (χ4v) is 2.95. The molecule has 0 unspecified atom stereocenters. The van der Waals surface area contributed by atoms with Gasteiger partial charge in [0, 0.05) is 29.8 Å². The van der Waals surface area contributed by atoms with Crippen LogP contribution in [0.4, 0.5) is 11.4 Å². The van der Waals surface area contributed by atoms with Gasteiger partial charge in [0.1, 0.15) is 17.0 Å². The quantitative estimate of drug-likeness (QED) is 0.613. The number of aromatic hydroxyl groups is 1. The van der Waals surface area contributed by atoms with Crippen molar-refractivity contribution in [2.45, 2.75) is 26.7 Å². The molecular formula is C21H22N2O3. The standard InChI is InChI=1S/C21H22N2O3/c1-4-6-18(25)16-12-22-21-15(7-5-8-19(21)26-3)20(16)23-17-11-14(24)10-9-13(17)2/h5,7-12,24H,4,6H2,1-3H3,(H,22,23). The lowest BCUT2D eigenvalue weighted by Crippen LogP contribution is -2.06. The lowest BCUT2D eigenvalue weighted by Gasteiger charge is -2.17. The summed E-state index contributed by atoms with van der Waals surface area (Å²) in [4.78, 5) is 17.1. The SMILES string of the molecule is CCCC(=O)c1cnc2c(OC)cccc2c1Nc1cc(O)ccc1C. The minimum absolute atomic E-state index is 0.0324. The van der Waals surface area contributed by atoms with Crippen LogP contribution in [0, 0.1) is 6.92 Å². The number of ether oxygens (including phenoxy) is 1. The Morgan fingerprint density at radius 1 is 1.27 bits per heavy atom. The average Bonchev–Trinajstić information content (AvgIpc) is 2.64. The van der Waals surface area contributed by atoms with Crippen LogP contribution < -0.4 is 10.1 Å². The van der Waals surface area contributed by atoms with Gasteiger partial charge in [-0.2, -0.15) is 0 Å². The van der Waals surface area contributed by atoms with Crippen molar-refractivity contribution < 1.29 is 14.6 Å². The van der Waals surface area contributed by atoms with E-state index in [1.165, 1.54) is 0 Å². The van der Waals surface area contributed by atoms with Crippen molar-refractivity contribution >= 4 is 28.1 Å². The highest BCUT2D eigenvalue weighted by atomic mass is 16.5. The molecule has 0 radical (unpaired) electrons. The summed E-state index contributed by atoms with van der Waals surface area (Å²) in [5, 5.41) is 14.0. The number of anilines is 2. The summed E-state index contributed by atoms with van der Waals surface area (Å²) in [5.41, 5.74) is 3.61. The zero-order valence-electron chi connectivity index (χ0n) is 15.2. The summed E-state index contributed by atoms with van der Waals surface area (Å²) < 4.78 is 5.41. The van der Waals surface area contributed by atoms with Gasteiger partial charge >= 0.3 is 0 Å². The van der Waals surface area contributed by atoms with Crippen LogP contribution >= 0.6 is 0 Å². The molecule has 0 spiro atoms. The van der Waals surface area contributed by atoms with Crippen LogP contribution in [0.3, 0.4) is 0 Å². The first kappa shape index (κ1) is 17.7. The maximum absolute atomic E-state index is 12.6. The number of carbonyl (C=O) groups excluding carboxylic acids is 1. The van der Waals surface area contributed by atoms with E-state index in [0.717, 1.165) is 23.1 Å². The molecule has 5 heteroatoms. The summed E-state index contributed by atoms with van der Waals surface area (Å²) in [6, 6.07) is 10.7. The molecule has 0 aliphatic heterocycles. The summed E-state index contributed by atoms with van der Waals surface area (Å²) in [7, 11) is 1.60. The molecule has 0 saturated heterocycles. The van der Waals surface area contributed by atoms with Gasteiger partial charge in [-0.1, -0.05) is 25.1 Å². The molecule has 2 aromatic carbocycles. The molecular weight excluding hydrogens is 328 g/mol. The Labute approximate surface area is 152 Å². The van der Waals surface area contributed by atoms with E-state index in [-0.39, 0.29) is 11.5 Å². The van der Waals surface area contributed by atoms with Crippen LogP contribution in [0.5, 0.6) is 11.5 Å². The van der Waals surface area contributed by atoms with E-state index in [2.05, 4.69) is 10.3 Å². The number of aryl methyl sites for hydroxylation is 1. The second-order valence-electron chi connectivity index (χ2n) is 6.20. The first-order valence-electron chi connectivity index (χ1n) is 8.60. The molecule has 2 N–H and O–H groups in total. The van der Waals surface area contributed by atoms with Gasteiger partial charge < -0.3 is 15.2 Å². The van der Waals surface area contributed by atoms with Gasteiger partial charge in [0.05, 0.1) is 18.4 Å². The predicted molar refractivity (Wildman–Crippen MR) is 104 cm³/mol. The number of ketones is 1. The number of para-hydroxylation sites is 1. The molecule has 0 amide bonds. The number of nitrogens with zero attached hydrogens (tertiary/aromatic N) is 1. The van der Waals surface area contributed by atoms with Gasteiger partial charge in [-0.3, -0.25) is 9.78 Å². The van der Waals surface area contributed by atoms with E-state index < -0.39 is 0 Å². The summed E-state index contributed by atoms with van der Waals surface area (Å²) >= 11 is 0. The number of benzene rings is 2. The number of methoxy groups -OCH3 is 1. The average molecular weight is 350 g/mol. The highest BCUT2D eigenvalue weighted by Crippen LogP contribution is 2.35. The number of phenolic OH excluding ortho intramolecular Hbond substituents is 1. The molecule has 1 heterocycles. The fourth-order valence-electron chi connectivity index (χ4n) is 2.95. The van der Waals surface area contributed by atoms with Crippen molar-refractivity contribution in [2.24, 2.45) is 0 Å². The number of hydrogen-bond donors (Lipinski definition) is 2. The monoisotopic (exact) mass is 350 g/mol. The molecule has 134 valence electrons. The smallest absolute Gasteiger partial charge is 0.166 e. The van der Waals surface area contributed by atoms with E-state index in [1.807, 2.05) is 38.1 Å². The summed E-state index contributed by atoms with van der Waals surface area (Å²) in [6.45, 7) is 3.92. The molecule has 0 atom stereocenters. The molecule has 0 fully saturated rings. The van der Waals surface area contributed by atoms with Crippen molar-refractivity contribution in [3.8, 4) is 11.5 Å². The molecule has 0 saturated carbocycles. The van der Waals surface area contributed by atoms with E-state index in [4.69, 9.17) is 4.74 Å². The second kappa shape index (κ2) is 7.44. The van der Waals surface area contributed by atoms with Crippen LogP contribution in [0.1, 0.15) is 35.7 Å². The van der Waals surface area contributed by atoms with E-state index >= 15 is 0 Å². The van der Waals surface area contributed by atoms with E-state index in [9.17, 15) is 9.90 Å². The van der Waals surface area contributed by atoms with Crippen LogP contribution in [-0.2, 0) is 0 Å². The molecule has 0 aliphatic carbocycles. The Hall–Kier alpha value is -3.08. The van der Waals surface area contributed by atoms with Crippen molar-refractivity contribution in [3.63, 3.8) is 0 Å². The predicted octanol–water partition coefficient (Wildman–Crippen LogP) is 4.98. The Balaban J connectivity index is 2.23. The third-order valence-electron chi connectivity index (χ3n) is 4.34. The number of aromatic nitrogens is 1. The Kier molecular flexibility index (Phi) is 5.07. The molecule has 5 nitrogen and oxygen atoms in total. The minimum atomic E-state index is 0.0324. The van der Waals surface area contributed by atoms with E-state index in [1.54, 1.807) is 25.4 Å². The van der Waals surface area contributed by atoms with Gasteiger partial charge in [0.15, 0.2) is 5.78 Å². The third-order valence-corrected chi connectivity index (χ3v) is 4.34. The van der Waals surface area contributed by atoms with Crippen LogP contribution in [-0.4, -0.2) is 23.0 Å². The molecule has 3 aromatic rings. The summed E-state index contributed by atoms with van der Waals surface area (Å²) in [5.74, 6) is 0.841. The van der Waals surface area contributed by atoms with Gasteiger partial charge in [-0.05, 0) is 31.0 Å². The van der Waals surface area contributed by atoms with Crippen LogP contribution in [0.2, 0.25) is 0 Å². The van der Waals surface area contributed by atoms with Gasteiger partial charge in [-0.25, -0.2) is 0 Å². The summed E-state index contributed by atoms with van der Waals surface area (Å²) in [6.07, 6.45) is 2.81. The van der Waals surface area contributed by atoms with Gasteiger partial charge in [-0.15, -0.1) is 0 Å². The Morgan fingerprint density at radius 3 is 2.81 bits per heavy atom. The number of Topliss-reactive ketones (excluding diaryl/α,β-unsaturated/α-hetero) is 1. The Bertz CT molecular complexity index is 967. The molecule has 1 aromatic heterocycles. The molecule has 0 bridgehead atoms. The fraction of sp³-hybridized carbons (Fsp3) is 0.238. The highest BCUT2D eigenvalue weighted by Gasteiger charge is 2.17. The number of phenols is 1. The Morgan fingerprint density at radius 2 is 2.08 bits per heavy atom. The molecule has 26 heavy (non-hydrogen) atoms. The lowest BCUT2D eigenvalue weighted by molar-refractivity contribution is 0.0982. The number of fused-ring (bicyclic) bond motifs is 1. The van der Waals surface area contributed by atoms with Gasteiger partial charge in [0.2, 0.25) is 0 Å². The number of hydrogen-bond acceptors (Lipinski definition) is 5. The first-order valence-corrected chi connectivity index (χ1v) is 8.60. The van der Waals surface area contributed by atoms with Crippen molar-refractivity contribution in [2.75, 3.05) is 12.4 Å². The van der Waals surface area contributed by atoms with Crippen LogP contribution in [0.15, 0.2) is 42.6 Å². The highest BCUT2D eigenvalue weighted by molar-refractivity contribution is 6.09. The minimum Gasteiger partial charge on any atom is -0.508 e. The maximum Gasteiger partial charge on any atom is 0.166 e. The number of rotatable bonds is 6. The van der Waals surface area contributed by atoms with E-state index in [0.29, 0.717) is 28.9 Å². The number of nitrogens with one attached hydrogen (secondary N) is 1.